The van der Waals surface area contributed by atoms with E-state index in [4.69, 9.17) is 0 Å². The summed E-state index contributed by atoms with van der Waals surface area (Å²) in [5, 5.41) is 3.30. The summed E-state index contributed by atoms with van der Waals surface area (Å²) < 4.78 is 0. The molecule has 0 amide bonds. The molecule has 1 heteroatoms. The lowest BCUT2D eigenvalue weighted by Gasteiger charge is -2.00. The third-order valence-electron chi connectivity index (χ3n) is 2.10. The second kappa shape index (κ2) is 11.5. The van der Waals surface area contributed by atoms with E-state index in [0.29, 0.717) is 0 Å². The van der Waals surface area contributed by atoms with Crippen molar-refractivity contribution in [1.29, 1.82) is 0 Å². The van der Waals surface area contributed by atoms with Crippen LogP contribution in [0.15, 0.2) is 0 Å². The fraction of sp³-hybridized carbons (Fsp3) is 0.833. The van der Waals surface area contributed by atoms with Crippen molar-refractivity contribution >= 4 is 0 Å². The van der Waals surface area contributed by atoms with Gasteiger partial charge in [-0.25, -0.2) is 0 Å². The number of nitrogens with one attached hydrogen (secondary N) is 1. The normalized spacial score (nSPS) is 9.38. The lowest BCUT2D eigenvalue weighted by molar-refractivity contribution is 0.586. The molecule has 0 unspecified atom stereocenters. The van der Waals surface area contributed by atoms with Gasteiger partial charge in [-0.3, -0.25) is 0 Å². The quantitative estimate of drug-likeness (QED) is 0.448. The van der Waals surface area contributed by atoms with E-state index in [-0.39, 0.29) is 0 Å². The highest BCUT2D eigenvalue weighted by atomic mass is 14.8. The molecule has 0 heterocycles. The summed E-state index contributed by atoms with van der Waals surface area (Å²) in [6.45, 7) is 6.11. The van der Waals surface area contributed by atoms with Crippen LogP contribution in [0.5, 0.6) is 0 Å². The van der Waals surface area contributed by atoms with Crippen molar-refractivity contribution in [2.24, 2.45) is 0 Å². The Balaban J connectivity index is 2.86. The van der Waals surface area contributed by atoms with Gasteiger partial charge in [0, 0.05) is 0 Å². The summed E-state index contributed by atoms with van der Waals surface area (Å²) in [4.78, 5) is 0. The highest BCUT2D eigenvalue weighted by Gasteiger charge is 1.88. The number of hydrogen-bond acceptors (Lipinski definition) is 1. The van der Waals surface area contributed by atoms with Gasteiger partial charge in [0.2, 0.25) is 0 Å². The third kappa shape index (κ3) is 11.5. The molecule has 0 aromatic heterocycles. The second-order valence-electron chi connectivity index (χ2n) is 3.37. The van der Waals surface area contributed by atoms with Crippen LogP contribution in [-0.2, 0) is 0 Å². The Morgan fingerprint density at radius 1 is 1.00 bits per heavy atom. The van der Waals surface area contributed by atoms with Crippen LogP contribution >= 0.6 is 0 Å². The summed E-state index contributed by atoms with van der Waals surface area (Å²) in [5.74, 6) is 5.87. The largest absolute Gasteiger partial charge is 0.306 e. The zero-order valence-corrected chi connectivity index (χ0v) is 9.16. The summed E-state index contributed by atoms with van der Waals surface area (Å²) in [7, 11) is 0. The van der Waals surface area contributed by atoms with E-state index < -0.39 is 0 Å². The molecule has 13 heavy (non-hydrogen) atoms. The Kier molecular flexibility index (Phi) is 11.1. The van der Waals surface area contributed by atoms with E-state index in [1.165, 1.54) is 38.5 Å². The number of rotatable bonds is 8. The molecule has 0 atom stereocenters. The Morgan fingerprint density at radius 3 is 2.38 bits per heavy atom. The molecule has 76 valence electrons. The molecular weight excluding hydrogens is 158 g/mol. The number of hydrogen-bond donors (Lipinski definition) is 1. The van der Waals surface area contributed by atoms with Crippen LogP contribution in [0.2, 0.25) is 0 Å². The maximum Gasteiger partial charge on any atom is 0.0576 e. The van der Waals surface area contributed by atoms with E-state index in [0.717, 1.165) is 13.1 Å². The minimum Gasteiger partial charge on any atom is -0.306 e. The molecule has 0 aliphatic heterocycles. The van der Waals surface area contributed by atoms with Gasteiger partial charge in [-0.1, -0.05) is 44.9 Å². The molecule has 0 rings (SSSR count). The van der Waals surface area contributed by atoms with Crippen molar-refractivity contribution < 1.29 is 0 Å². The molecule has 0 aliphatic rings. The predicted octanol–water partition coefficient (Wildman–Crippen LogP) is 2.96. The van der Waals surface area contributed by atoms with Gasteiger partial charge in [-0.05, 0) is 19.9 Å². The zero-order valence-electron chi connectivity index (χ0n) is 9.16. The second-order valence-corrected chi connectivity index (χ2v) is 3.37. The molecule has 1 nitrogen and oxygen atoms in total. The minimum absolute atomic E-state index is 0.853. The summed E-state index contributed by atoms with van der Waals surface area (Å²) in [5.41, 5.74) is 0. The Bertz CT molecular complexity index is 141. The highest BCUT2D eigenvalue weighted by Crippen LogP contribution is 2.03. The van der Waals surface area contributed by atoms with Crippen molar-refractivity contribution in [3.05, 3.63) is 0 Å². The van der Waals surface area contributed by atoms with Gasteiger partial charge in [0.15, 0.2) is 0 Å². The summed E-state index contributed by atoms with van der Waals surface area (Å²) in [6.07, 6.45) is 8.21. The first-order valence-electron chi connectivity index (χ1n) is 5.52. The monoisotopic (exact) mass is 181 g/mol. The van der Waals surface area contributed by atoms with Gasteiger partial charge in [0.1, 0.15) is 0 Å². The van der Waals surface area contributed by atoms with Crippen LogP contribution in [0.3, 0.4) is 0 Å². The van der Waals surface area contributed by atoms with Crippen molar-refractivity contribution in [3.8, 4) is 11.8 Å². The standard InChI is InChI=1S/C12H23N/c1-3-5-7-8-9-10-12-13-11-6-4-2/h13H,3,5,7-12H2,1-2H3. The maximum absolute atomic E-state index is 3.30. The molecule has 0 saturated heterocycles. The molecule has 0 aromatic carbocycles. The molecule has 1 N–H and O–H groups in total. The summed E-state index contributed by atoms with van der Waals surface area (Å²) in [6, 6.07) is 0. The van der Waals surface area contributed by atoms with E-state index in [9.17, 15) is 0 Å². The zero-order chi connectivity index (χ0) is 9.78. The first-order chi connectivity index (χ1) is 6.41. The molecule has 0 saturated carbocycles. The van der Waals surface area contributed by atoms with E-state index >= 15 is 0 Å². The topological polar surface area (TPSA) is 12.0 Å². The third-order valence-corrected chi connectivity index (χ3v) is 2.10. The molecule has 0 aliphatic carbocycles. The Labute approximate surface area is 83.3 Å². The Hall–Kier alpha value is -0.480. The number of unbranched alkanes of at least 4 members (excludes halogenated alkanes) is 5. The molecule has 0 radical (unpaired) electrons. The van der Waals surface area contributed by atoms with Crippen molar-refractivity contribution in [2.75, 3.05) is 13.1 Å². The van der Waals surface area contributed by atoms with Crippen LogP contribution in [0.4, 0.5) is 0 Å². The first-order valence-corrected chi connectivity index (χ1v) is 5.52. The predicted molar refractivity (Wildman–Crippen MR) is 59.7 cm³/mol. The van der Waals surface area contributed by atoms with Crippen LogP contribution in [-0.4, -0.2) is 13.1 Å². The van der Waals surface area contributed by atoms with Gasteiger partial charge in [-0.2, -0.15) is 0 Å². The average Bonchev–Trinajstić information content (AvgIpc) is 2.16. The molecule has 0 aromatic rings. The lowest BCUT2D eigenvalue weighted by atomic mass is 10.1. The van der Waals surface area contributed by atoms with Gasteiger partial charge in [0.25, 0.3) is 0 Å². The SMILES string of the molecule is CC#CCNCCCCCCCC. The highest BCUT2D eigenvalue weighted by molar-refractivity contribution is 4.96. The first kappa shape index (κ1) is 12.5. The molecule has 0 spiro atoms. The van der Waals surface area contributed by atoms with E-state index in [1.807, 2.05) is 6.92 Å². The van der Waals surface area contributed by atoms with Crippen LogP contribution in [0.25, 0.3) is 0 Å². The van der Waals surface area contributed by atoms with Crippen molar-refractivity contribution in [1.82, 2.24) is 5.32 Å². The van der Waals surface area contributed by atoms with Gasteiger partial charge in [0.05, 0.1) is 6.54 Å². The maximum atomic E-state index is 3.30. The molecule has 0 bridgehead atoms. The van der Waals surface area contributed by atoms with E-state index in [1.54, 1.807) is 0 Å². The Morgan fingerprint density at radius 2 is 1.69 bits per heavy atom. The van der Waals surface area contributed by atoms with Crippen LogP contribution in [0.1, 0.15) is 52.4 Å². The van der Waals surface area contributed by atoms with Gasteiger partial charge < -0.3 is 5.32 Å². The molecule has 0 fully saturated rings. The van der Waals surface area contributed by atoms with Crippen LogP contribution in [0, 0.1) is 11.8 Å². The average molecular weight is 181 g/mol. The minimum atomic E-state index is 0.853. The molecular formula is C12H23N. The summed E-state index contributed by atoms with van der Waals surface area (Å²) >= 11 is 0. The van der Waals surface area contributed by atoms with Crippen LogP contribution < -0.4 is 5.32 Å². The van der Waals surface area contributed by atoms with E-state index in [2.05, 4.69) is 24.1 Å². The fourth-order valence-corrected chi connectivity index (χ4v) is 1.27. The smallest absolute Gasteiger partial charge is 0.0576 e. The van der Waals surface area contributed by atoms with Gasteiger partial charge >= 0.3 is 0 Å². The van der Waals surface area contributed by atoms with Gasteiger partial charge in [-0.15, -0.1) is 5.92 Å². The fourth-order valence-electron chi connectivity index (χ4n) is 1.27. The lowest BCUT2D eigenvalue weighted by Crippen LogP contribution is -2.15. The van der Waals surface area contributed by atoms with Crippen molar-refractivity contribution in [2.45, 2.75) is 52.4 Å². The van der Waals surface area contributed by atoms with Crippen molar-refractivity contribution in [3.63, 3.8) is 0 Å².